The molecular weight excluding hydrogens is 358 g/mol. The van der Waals surface area contributed by atoms with Gasteiger partial charge in [0, 0.05) is 23.2 Å². The standard InChI is InChI=1S/C19H21N7O2/c1-11-7-16(15-10-25(5-6-27)22-12(15)2)20-17-8-14(9-18(28-4)19(11)17)26-13(3)21-23-24-26/h7-10,27H,5-6H2,1-4H3. The lowest BCUT2D eigenvalue weighted by Crippen LogP contribution is -2.02. The number of pyridine rings is 1. The minimum Gasteiger partial charge on any atom is -0.496 e. The van der Waals surface area contributed by atoms with Crippen LogP contribution in [0.4, 0.5) is 0 Å². The first-order valence-electron chi connectivity index (χ1n) is 8.92. The number of fused-ring (bicyclic) bond motifs is 1. The Kier molecular flexibility index (Phi) is 4.52. The van der Waals surface area contributed by atoms with Crippen LogP contribution in [0.1, 0.15) is 17.1 Å². The van der Waals surface area contributed by atoms with Crippen molar-refractivity contribution in [2.45, 2.75) is 27.3 Å². The van der Waals surface area contributed by atoms with Crippen LogP contribution in [0.25, 0.3) is 27.8 Å². The third-order valence-corrected chi connectivity index (χ3v) is 4.70. The minimum atomic E-state index is 0.0383. The molecule has 3 aromatic heterocycles. The lowest BCUT2D eigenvalue weighted by atomic mass is 10.0. The lowest BCUT2D eigenvalue weighted by Gasteiger charge is -2.12. The number of nitrogens with zero attached hydrogens (tertiary/aromatic N) is 7. The van der Waals surface area contributed by atoms with Crippen molar-refractivity contribution < 1.29 is 9.84 Å². The number of hydrogen-bond acceptors (Lipinski definition) is 7. The molecule has 1 N–H and O–H groups in total. The first kappa shape index (κ1) is 18.1. The van der Waals surface area contributed by atoms with Crippen LogP contribution in [-0.2, 0) is 6.54 Å². The van der Waals surface area contributed by atoms with Gasteiger partial charge in [-0.1, -0.05) is 0 Å². The van der Waals surface area contributed by atoms with E-state index in [2.05, 4.69) is 20.6 Å². The number of methoxy groups -OCH3 is 1. The quantitative estimate of drug-likeness (QED) is 0.565. The van der Waals surface area contributed by atoms with Gasteiger partial charge in [-0.2, -0.15) is 9.78 Å². The summed E-state index contributed by atoms with van der Waals surface area (Å²) in [5.41, 5.74) is 5.23. The van der Waals surface area contributed by atoms with E-state index in [0.717, 1.165) is 39.1 Å². The first-order valence-corrected chi connectivity index (χ1v) is 8.92. The molecule has 4 aromatic rings. The van der Waals surface area contributed by atoms with Gasteiger partial charge in [0.2, 0.25) is 0 Å². The SMILES string of the molecule is COc1cc(-n2nnnc2C)cc2nc(-c3cn(CCO)nc3C)cc(C)c12. The highest BCUT2D eigenvalue weighted by Gasteiger charge is 2.16. The molecule has 0 bridgehead atoms. The van der Waals surface area contributed by atoms with Crippen molar-refractivity contribution >= 4 is 10.9 Å². The maximum absolute atomic E-state index is 9.17. The van der Waals surface area contributed by atoms with E-state index < -0.39 is 0 Å². The van der Waals surface area contributed by atoms with Crippen LogP contribution in [0.15, 0.2) is 24.4 Å². The van der Waals surface area contributed by atoms with Crippen molar-refractivity contribution in [3.05, 3.63) is 41.5 Å². The Balaban J connectivity index is 1.93. The van der Waals surface area contributed by atoms with E-state index in [1.165, 1.54) is 0 Å². The average Bonchev–Trinajstić information content (AvgIpc) is 3.26. The summed E-state index contributed by atoms with van der Waals surface area (Å²) < 4.78 is 9.00. The number of ether oxygens (including phenoxy) is 1. The molecule has 0 saturated carbocycles. The fraction of sp³-hybridized carbons (Fsp3) is 0.316. The molecule has 0 spiro atoms. The highest BCUT2D eigenvalue weighted by molar-refractivity contribution is 5.92. The van der Waals surface area contributed by atoms with Crippen molar-refractivity contribution in [3.8, 4) is 22.7 Å². The second kappa shape index (κ2) is 7.01. The van der Waals surface area contributed by atoms with Gasteiger partial charge in [-0.3, -0.25) is 4.68 Å². The van der Waals surface area contributed by atoms with E-state index in [9.17, 15) is 0 Å². The topological polar surface area (TPSA) is 104 Å². The van der Waals surface area contributed by atoms with Crippen LogP contribution >= 0.6 is 0 Å². The summed E-state index contributed by atoms with van der Waals surface area (Å²) >= 11 is 0. The van der Waals surface area contributed by atoms with Crippen molar-refractivity contribution in [3.63, 3.8) is 0 Å². The fourth-order valence-electron chi connectivity index (χ4n) is 3.39. The largest absolute Gasteiger partial charge is 0.496 e. The van der Waals surface area contributed by atoms with Crippen molar-refractivity contribution in [2.75, 3.05) is 13.7 Å². The maximum atomic E-state index is 9.17. The van der Waals surface area contributed by atoms with Crippen molar-refractivity contribution in [1.29, 1.82) is 0 Å². The molecule has 4 rings (SSSR count). The number of rotatable bonds is 5. The zero-order valence-electron chi connectivity index (χ0n) is 16.2. The van der Waals surface area contributed by atoms with Crippen LogP contribution in [0.5, 0.6) is 5.75 Å². The number of tetrazole rings is 1. The molecule has 0 unspecified atom stereocenters. The molecular formula is C19H21N7O2. The predicted molar refractivity (Wildman–Crippen MR) is 104 cm³/mol. The summed E-state index contributed by atoms with van der Waals surface area (Å²) in [5, 5.41) is 26.3. The fourth-order valence-corrected chi connectivity index (χ4v) is 3.39. The Morgan fingerprint density at radius 1 is 1.14 bits per heavy atom. The van der Waals surface area contributed by atoms with E-state index in [4.69, 9.17) is 14.8 Å². The van der Waals surface area contributed by atoms with Crippen LogP contribution in [0.3, 0.4) is 0 Å². The molecule has 0 saturated heterocycles. The van der Waals surface area contributed by atoms with E-state index >= 15 is 0 Å². The van der Waals surface area contributed by atoms with Gasteiger partial charge in [0.05, 0.1) is 42.9 Å². The third-order valence-electron chi connectivity index (χ3n) is 4.70. The maximum Gasteiger partial charge on any atom is 0.153 e. The Hall–Kier alpha value is -3.33. The molecule has 0 aliphatic heterocycles. The zero-order chi connectivity index (χ0) is 19.8. The number of hydrogen-bond donors (Lipinski definition) is 1. The van der Waals surface area contributed by atoms with Crippen molar-refractivity contribution in [2.24, 2.45) is 0 Å². The zero-order valence-corrected chi connectivity index (χ0v) is 16.2. The smallest absolute Gasteiger partial charge is 0.153 e. The van der Waals surface area contributed by atoms with Crippen molar-refractivity contribution in [1.82, 2.24) is 35.0 Å². The molecule has 3 heterocycles. The molecule has 0 aliphatic carbocycles. The van der Waals surface area contributed by atoms with Gasteiger partial charge in [-0.05, 0) is 48.9 Å². The summed E-state index contributed by atoms with van der Waals surface area (Å²) in [6, 6.07) is 5.88. The molecule has 28 heavy (non-hydrogen) atoms. The molecule has 1 aromatic carbocycles. The Morgan fingerprint density at radius 2 is 1.96 bits per heavy atom. The van der Waals surface area contributed by atoms with Gasteiger partial charge in [0.25, 0.3) is 0 Å². The predicted octanol–water partition coefficient (Wildman–Crippen LogP) is 2.00. The molecule has 144 valence electrons. The minimum absolute atomic E-state index is 0.0383. The summed E-state index contributed by atoms with van der Waals surface area (Å²) in [6.45, 7) is 6.29. The second-order valence-electron chi connectivity index (χ2n) is 6.62. The Labute approximate surface area is 161 Å². The Morgan fingerprint density at radius 3 is 2.64 bits per heavy atom. The molecule has 0 fully saturated rings. The van der Waals surface area contributed by atoms with E-state index in [1.807, 2.05) is 45.2 Å². The molecule has 0 amide bonds. The summed E-state index contributed by atoms with van der Waals surface area (Å²) in [5.74, 6) is 1.39. The van der Waals surface area contributed by atoms with Gasteiger partial charge in [0.1, 0.15) is 5.75 Å². The summed E-state index contributed by atoms with van der Waals surface area (Å²) in [6.07, 6.45) is 1.91. The normalized spacial score (nSPS) is 11.3. The highest BCUT2D eigenvalue weighted by atomic mass is 16.5. The number of aryl methyl sites for hydroxylation is 3. The lowest BCUT2D eigenvalue weighted by molar-refractivity contribution is 0.269. The van der Waals surface area contributed by atoms with Gasteiger partial charge in [0.15, 0.2) is 5.82 Å². The van der Waals surface area contributed by atoms with Gasteiger partial charge in [-0.15, -0.1) is 5.10 Å². The number of aliphatic hydroxyl groups excluding tert-OH is 1. The van der Waals surface area contributed by atoms with Crippen LogP contribution in [0, 0.1) is 20.8 Å². The number of benzene rings is 1. The van der Waals surface area contributed by atoms with E-state index in [0.29, 0.717) is 18.1 Å². The summed E-state index contributed by atoms with van der Waals surface area (Å²) in [4.78, 5) is 4.87. The number of aliphatic hydroxyl groups is 1. The van der Waals surface area contributed by atoms with Crippen LogP contribution in [-0.4, -0.2) is 53.8 Å². The van der Waals surface area contributed by atoms with Gasteiger partial charge in [-0.25, -0.2) is 4.98 Å². The Bertz CT molecular complexity index is 1160. The highest BCUT2D eigenvalue weighted by Crippen LogP contribution is 2.34. The molecule has 9 nitrogen and oxygen atoms in total. The number of aromatic nitrogens is 7. The molecule has 9 heteroatoms. The second-order valence-corrected chi connectivity index (χ2v) is 6.62. The van der Waals surface area contributed by atoms with E-state index in [1.54, 1.807) is 16.5 Å². The third kappa shape index (κ3) is 2.99. The van der Waals surface area contributed by atoms with E-state index in [-0.39, 0.29) is 6.61 Å². The first-order chi connectivity index (χ1) is 13.5. The van der Waals surface area contributed by atoms with Gasteiger partial charge >= 0.3 is 0 Å². The molecule has 0 radical (unpaired) electrons. The van der Waals surface area contributed by atoms with Crippen LogP contribution < -0.4 is 4.74 Å². The average molecular weight is 379 g/mol. The molecule has 0 atom stereocenters. The molecule has 0 aliphatic rings. The summed E-state index contributed by atoms with van der Waals surface area (Å²) in [7, 11) is 1.64. The van der Waals surface area contributed by atoms with Gasteiger partial charge < -0.3 is 9.84 Å². The van der Waals surface area contributed by atoms with Crippen LogP contribution in [0.2, 0.25) is 0 Å². The monoisotopic (exact) mass is 379 g/mol.